The molecule has 0 saturated heterocycles. The van der Waals surface area contributed by atoms with Crippen LogP contribution >= 0.6 is 0 Å². The Labute approximate surface area is 101 Å². The lowest BCUT2D eigenvalue weighted by atomic mass is 10.2. The molecule has 0 aliphatic heterocycles. The van der Waals surface area contributed by atoms with Gasteiger partial charge < -0.3 is 15.8 Å². The summed E-state index contributed by atoms with van der Waals surface area (Å²) in [6.45, 7) is 1.43. The summed E-state index contributed by atoms with van der Waals surface area (Å²) in [5.74, 6) is -1.04. The average Bonchev–Trinajstić information content (AvgIpc) is 2.25. The molecule has 8 heteroatoms. The Morgan fingerprint density at radius 3 is 2.61 bits per heavy atom. The Hall–Kier alpha value is -1.99. The van der Waals surface area contributed by atoms with E-state index in [0.717, 1.165) is 6.07 Å². The van der Waals surface area contributed by atoms with Crippen LogP contribution in [0.4, 0.5) is 24.8 Å². The molecular weight excluding hydrogens is 251 g/mol. The monoisotopic (exact) mass is 263 g/mol. The van der Waals surface area contributed by atoms with Gasteiger partial charge in [0.25, 0.3) is 0 Å². The summed E-state index contributed by atoms with van der Waals surface area (Å²) in [5.41, 5.74) is 4.34. The minimum atomic E-state index is -4.53. The van der Waals surface area contributed by atoms with Gasteiger partial charge in [0.15, 0.2) is 0 Å². The largest absolute Gasteiger partial charge is 0.467 e. The maximum absolute atomic E-state index is 12.5. The van der Waals surface area contributed by atoms with Gasteiger partial charge in [0.1, 0.15) is 17.7 Å². The Morgan fingerprint density at radius 1 is 1.50 bits per heavy atom. The molecule has 0 bridgehead atoms. The van der Waals surface area contributed by atoms with Crippen molar-refractivity contribution in [2.75, 3.05) is 18.2 Å². The van der Waals surface area contributed by atoms with E-state index in [9.17, 15) is 18.0 Å². The maximum atomic E-state index is 12.5. The molecule has 0 aromatic carbocycles. The fourth-order valence-electron chi connectivity index (χ4n) is 1.25. The highest BCUT2D eigenvalue weighted by Gasteiger charge is 2.31. The van der Waals surface area contributed by atoms with Crippen LogP contribution in [0, 0.1) is 0 Å². The molecule has 0 aliphatic rings. The molecule has 0 radical (unpaired) electrons. The first kappa shape index (κ1) is 14.1. The molecule has 5 nitrogen and oxygen atoms in total. The standard InChI is InChI=1S/C10H12F3N3O2/c1-5(9(17)18-2)15-8-4-6(10(11,12)13)3-7(14)16-8/h3-5H,1-2H3,(H3,14,15,16). The fraction of sp³-hybridized carbons (Fsp3) is 0.400. The smallest absolute Gasteiger partial charge is 0.416 e. The zero-order chi connectivity index (χ0) is 13.9. The van der Waals surface area contributed by atoms with Crippen LogP contribution < -0.4 is 11.1 Å². The molecule has 1 unspecified atom stereocenters. The number of nitrogens with zero attached hydrogens (tertiary/aromatic N) is 1. The van der Waals surface area contributed by atoms with Gasteiger partial charge in [0.05, 0.1) is 12.7 Å². The molecule has 18 heavy (non-hydrogen) atoms. The molecular formula is C10H12F3N3O2. The Balaban J connectivity index is 2.97. The number of rotatable bonds is 3. The number of aromatic nitrogens is 1. The number of nitrogen functional groups attached to an aromatic ring is 1. The Kier molecular flexibility index (Phi) is 4.00. The second-order valence-electron chi connectivity index (χ2n) is 3.55. The van der Waals surface area contributed by atoms with Crippen LogP contribution in [0.1, 0.15) is 12.5 Å². The third kappa shape index (κ3) is 3.51. The summed E-state index contributed by atoms with van der Waals surface area (Å²) >= 11 is 0. The van der Waals surface area contributed by atoms with Crippen molar-refractivity contribution in [1.82, 2.24) is 4.98 Å². The maximum Gasteiger partial charge on any atom is 0.416 e. The highest BCUT2D eigenvalue weighted by molar-refractivity contribution is 5.78. The fourth-order valence-corrected chi connectivity index (χ4v) is 1.25. The number of pyridine rings is 1. The van der Waals surface area contributed by atoms with Gasteiger partial charge in [-0.15, -0.1) is 0 Å². The molecule has 1 atom stereocenters. The van der Waals surface area contributed by atoms with Gasteiger partial charge in [-0.25, -0.2) is 9.78 Å². The number of hydrogen-bond acceptors (Lipinski definition) is 5. The van der Waals surface area contributed by atoms with Crippen molar-refractivity contribution in [3.05, 3.63) is 17.7 Å². The topological polar surface area (TPSA) is 77.2 Å². The number of anilines is 2. The molecule has 100 valence electrons. The normalized spacial score (nSPS) is 12.9. The number of nitrogens with one attached hydrogen (secondary N) is 1. The van der Waals surface area contributed by atoms with E-state index in [4.69, 9.17) is 5.73 Å². The molecule has 0 fully saturated rings. The van der Waals surface area contributed by atoms with Gasteiger partial charge in [-0.05, 0) is 19.1 Å². The van der Waals surface area contributed by atoms with Gasteiger partial charge in [0.2, 0.25) is 0 Å². The molecule has 1 heterocycles. The summed E-state index contributed by atoms with van der Waals surface area (Å²) in [5, 5.41) is 2.48. The van der Waals surface area contributed by atoms with Crippen LogP contribution in [0.25, 0.3) is 0 Å². The minimum absolute atomic E-state index is 0.139. The molecule has 0 saturated carbocycles. The third-order valence-corrected chi connectivity index (χ3v) is 2.09. The Bertz CT molecular complexity index is 448. The summed E-state index contributed by atoms with van der Waals surface area (Å²) in [6.07, 6.45) is -4.53. The second-order valence-corrected chi connectivity index (χ2v) is 3.55. The lowest BCUT2D eigenvalue weighted by Crippen LogP contribution is -2.28. The lowest BCUT2D eigenvalue weighted by molar-refractivity contribution is -0.141. The van der Waals surface area contributed by atoms with Crippen molar-refractivity contribution in [3.63, 3.8) is 0 Å². The summed E-state index contributed by atoms with van der Waals surface area (Å²) in [4.78, 5) is 14.8. The molecule has 0 aliphatic carbocycles. The van der Waals surface area contributed by atoms with Crippen molar-refractivity contribution < 1.29 is 22.7 Å². The number of esters is 1. The minimum Gasteiger partial charge on any atom is -0.467 e. The van der Waals surface area contributed by atoms with Crippen molar-refractivity contribution in [2.45, 2.75) is 19.1 Å². The number of ether oxygens (including phenoxy) is 1. The predicted molar refractivity (Wildman–Crippen MR) is 58.8 cm³/mol. The van der Waals surface area contributed by atoms with Crippen molar-refractivity contribution in [1.29, 1.82) is 0 Å². The first-order chi connectivity index (χ1) is 8.24. The van der Waals surface area contributed by atoms with E-state index < -0.39 is 23.8 Å². The van der Waals surface area contributed by atoms with Gasteiger partial charge in [-0.1, -0.05) is 0 Å². The first-order valence-electron chi connectivity index (χ1n) is 4.93. The highest BCUT2D eigenvalue weighted by atomic mass is 19.4. The molecule has 0 spiro atoms. The van der Waals surface area contributed by atoms with Gasteiger partial charge in [0, 0.05) is 0 Å². The van der Waals surface area contributed by atoms with Crippen molar-refractivity contribution in [2.24, 2.45) is 0 Å². The average molecular weight is 263 g/mol. The number of carbonyl (C=O) groups excluding carboxylic acids is 1. The summed E-state index contributed by atoms with van der Waals surface area (Å²) in [6, 6.07) is 0.662. The zero-order valence-corrected chi connectivity index (χ0v) is 9.71. The number of halogens is 3. The number of carbonyl (C=O) groups is 1. The molecule has 1 aromatic rings. The number of nitrogens with two attached hydrogens (primary N) is 1. The van der Waals surface area contributed by atoms with Gasteiger partial charge in [-0.2, -0.15) is 13.2 Å². The van der Waals surface area contributed by atoms with Crippen LogP contribution in [0.15, 0.2) is 12.1 Å². The van der Waals surface area contributed by atoms with E-state index in [1.165, 1.54) is 14.0 Å². The molecule has 0 amide bonds. The summed E-state index contributed by atoms with van der Waals surface area (Å²) in [7, 11) is 1.18. The molecule has 3 N–H and O–H groups in total. The Morgan fingerprint density at radius 2 is 2.11 bits per heavy atom. The van der Waals surface area contributed by atoms with Crippen molar-refractivity contribution >= 4 is 17.6 Å². The van der Waals surface area contributed by atoms with E-state index in [0.29, 0.717) is 6.07 Å². The second kappa shape index (κ2) is 5.11. The number of hydrogen-bond donors (Lipinski definition) is 2. The van der Waals surface area contributed by atoms with Crippen LogP contribution in [0.5, 0.6) is 0 Å². The first-order valence-corrected chi connectivity index (χ1v) is 4.93. The highest BCUT2D eigenvalue weighted by Crippen LogP contribution is 2.31. The van der Waals surface area contributed by atoms with E-state index in [1.807, 2.05) is 0 Å². The van der Waals surface area contributed by atoms with E-state index in [2.05, 4.69) is 15.0 Å². The van der Waals surface area contributed by atoms with Crippen LogP contribution in [0.2, 0.25) is 0 Å². The summed E-state index contributed by atoms with van der Waals surface area (Å²) < 4.78 is 42.0. The SMILES string of the molecule is COC(=O)C(C)Nc1cc(C(F)(F)F)cc(N)n1. The number of alkyl halides is 3. The van der Waals surface area contributed by atoms with Crippen LogP contribution in [0.3, 0.4) is 0 Å². The molecule has 1 aromatic heterocycles. The van der Waals surface area contributed by atoms with Gasteiger partial charge in [-0.3, -0.25) is 0 Å². The quantitative estimate of drug-likeness (QED) is 0.811. The van der Waals surface area contributed by atoms with Gasteiger partial charge >= 0.3 is 12.1 Å². The van der Waals surface area contributed by atoms with Crippen LogP contribution in [-0.4, -0.2) is 24.1 Å². The molecule has 1 rings (SSSR count). The number of methoxy groups -OCH3 is 1. The van der Waals surface area contributed by atoms with Crippen LogP contribution in [-0.2, 0) is 15.7 Å². The van der Waals surface area contributed by atoms with E-state index in [1.54, 1.807) is 0 Å². The lowest BCUT2D eigenvalue weighted by Gasteiger charge is -2.14. The van der Waals surface area contributed by atoms with E-state index >= 15 is 0 Å². The predicted octanol–water partition coefficient (Wildman–Crippen LogP) is 1.66. The third-order valence-electron chi connectivity index (χ3n) is 2.09. The van der Waals surface area contributed by atoms with Crippen molar-refractivity contribution in [3.8, 4) is 0 Å². The zero-order valence-electron chi connectivity index (χ0n) is 9.71. The van der Waals surface area contributed by atoms with E-state index in [-0.39, 0.29) is 11.6 Å².